The van der Waals surface area contributed by atoms with Crippen LogP contribution in [0.3, 0.4) is 0 Å². The number of ether oxygens (including phenoxy) is 2. The highest BCUT2D eigenvalue weighted by atomic mass is 16.6. The first kappa shape index (κ1) is 22.7. The van der Waals surface area contributed by atoms with Gasteiger partial charge in [-0.05, 0) is 54.7 Å². The van der Waals surface area contributed by atoms with Gasteiger partial charge in [-0.3, -0.25) is 0 Å². The number of benzene rings is 1. The number of nitrogens with zero attached hydrogens (tertiary/aromatic N) is 3. The zero-order valence-corrected chi connectivity index (χ0v) is 19.6. The molecule has 1 aromatic carbocycles. The summed E-state index contributed by atoms with van der Waals surface area (Å²) in [5.41, 5.74) is 2.07. The van der Waals surface area contributed by atoms with E-state index in [-0.39, 0.29) is 6.04 Å². The van der Waals surface area contributed by atoms with Gasteiger partial charge in [-0.1, -0.05) is 12.1 Å². The van der Waals surface area contributed by atoms with E-state index in [4.69, 9.17) is 14.5 Å². The van der Waals surface area contributed by atoms with E-state index in [1.165, 1.54) is 12.8 Å². The predicted octanol–water partition coefficient (Wildman–Crippen LogP) is 1.68. The molecule has 0 saturated carbocycles. The molecule has 0 radical (unpaired) electrons. The van der Waals surface area contributed by atoms with Crippen molar-refractivity contribution in [1.82, 2.24) is 15.6 Å². The van der Waals surface area contributed by atoms with E-state index in [0.29, 0.717) is 19.5 Å². The number of nitrogens with one attached hydrogen (secondary N) is 2. The van der Waals surface area contributed by atoms with Gasteiger partial charge >= 0.3 is 6.09 Å². The van der Waals surface area contributed by atoms with E-state index < -0.39 is 18.3 Å². The van der Waals surface area contributed by atoms with E-state index in [0.717, 1.165) is 54.7 Å². The Morgan fingerprint density at radius 2 is 1.74 bits per heavy atom. The molecular formula is C25H33N5O4. The lowest BCUT2D eigenvalue weighted by atomic mass is 10.0. The Labute approximate surface area is 200 Å². The summed E-state index contributed by atoms with van der Waals surface area (Å²) in [7, 11) is 1.63. The highest BCUT2D eigenvalue weighted by Crippen LogP contribution is 2.27. The standard InChI is InChI=1S/C25H33N5O4/c1-33-19-6-4-17(5-7-19)12-20-24(21(31)16-26-20)34-25(32)27-15-18-13-22(29-8-2-9-29)28-23(14-18)30-10-3-11-30/h4-7,13-14,20-21,24,26,31H,2-3,8-12,15-16H2,1H3,(H,27,32)/t20-,21+,24+/m1/s1. The smallest absolute Gasteiger partial charge is 0.407 e. The molecule has 182 valence electrons. The maximum atomic E-state index is 12.6. The average molecular weight is 468 g/mol. The quantitative estimate of drug-likeness (QED) is 0.540. The van der Waals surface area contributed by atoms with Crippen molar-refractivity contribution in [2.24, 2.45) is 0 Å². The number of pyridine rings is 1. The van der Waals surface area contributed by atoms with Gasteiger partial charge in [0.05, 0.1) is 13.2 Å². The number of hydrogen-bond donors (Lipinski definition) is 3. The fourth-order valence-electron chi connectivity index (χ4n) is 4.55. The topological polar surface area (TPSA) is 99.2 Å². The number of amides is 1. The number of anilines is 2. The van der Waals surface area contributed by atoms with Crippen molar-refractivity contribution in [3.8, 4) is 5.75 Å². The number of aliphatic hydroxyl groups is 1. The third kappa shape index (κ3) is 5.05. The van der Waals surface area contributed by atoms with Crippen molar-refractivity contribution < 1.29 is 19.4 Å². The number of hydrogen-bond acceptors (Lipinski definition) is 8. The molecule has 0 bridgehead atoms. The minimum Gasteiger partial charge on any atom is -0.497 e. The summed E-state index contributed by atoms with van der Waals surface area (Å²) in [5, 5.41) is 16.6. The second-order valence-electron chi connectivity index (χ2n) is 9.23. The fraction of sp³-hybridized carbons (Fsp3) is 0.520. The number of aromatic nitrogens is 1. The summed E-state index contributed by atoms with van der Waals surface area (Å²) in [6.07, 6.45) is 1.12. The van der Waals surface area contributed by atoms with Crippen molar-refractivity contribution in [1.29, 1.82) is 0 Å². The van der Waals surface area contributed by atoms with Crippen molar-refractivity contribution >= 4 is 17.7 Å². The Balaban J connectivity index is 1.19. The van der Waals surface area contributed by atoms with E-state index in [2.05, 4.69) is 20.4 Å². The lowest BCUT2D eigenvalue weighted by Gasteiger charge is -2.36. The van der Waals surface area contributed by atoms with Crippen LogP contribution in [0, 0.1) is 0 Å². The highest BCUT2D eigenvalue weighted by molar-refractivity contribution is 5.68. The average Bonchev–Trinajstić information content (AvgIpc) is 3.09. The third-order valence-electron chi connectivity index (χ3n) is 6.88. The van der Waals surface area contributed by atoms with E-state index >= 15 is 0 Å². The van der Waals surface area contributed by atoms with Crippen LogP contribution in [-0.4, -0.2) is 74.3 Å². The van der Waals surface area contributed by atoms with Crippen LogP contribution < -0.4 is 25.2 Å². The van der Waals surface area contributed by atoms with Gasteiger partial charge in [-0.2, -0.15) is 0 Å². The summed E-state index contributed by atoms with van der Waals surface area (Å²) >= 11 is 0. The molecule has 3 atom stereocenters. The Hall–Kier alpha value is -3.04. The molecule has 2 aromatic rings. The lowest BCUT2D eigenvalue weighted by molar-refractivity contribution is 0.0188. The maximum Gasteiger partial charge on any atom is 0.407 e. The summed E-state index contributed by atoms with van der Waals surface area (Å²) in [6, 6.07) is 11.7. The van der Waals surface area contributed by atoms with E-state index in [9.17, 15) is 9.90 Å². The number of β-amino-alcohol motifs (C(OH)–C–C–N with tert-alkyl or cyclic N) is 1. The van der Waals surface area contributed by atoms with Crippen LogP contribution in [0.2, 0.25) is 0 Å². The third-order valence-corrected chi connectivity index (χ3v) is 6.88. The van der Waals surface area contributed by atoms with Crippen molar-refractivity contribution in [2.75, 3.05) is 49.6 Å². The number of methoxy groups -OCH3 is 1. The van der Waals surface area contributed by atoms with Gasteiger partial charge in [-0.15, -0.1) is 0 Å². The van der Waals surface area contributed by atoms with Gasteiger partial charge < -0.3 is 35.0 Å². The van der Waals surface area contributed by atoms with E-state index in [1.54, 1.807) is 7.11 Å². The molecule has 5 rings (SSSR count). The molecule has 34 heavy (non-hydrogen) atoms. The maximum absolute atomic E-state index is 12.6. The van der Waals surface area contributed by atoms with Gasteiger partial charge in [0.2, 0.25) is 0 Å². The van der Waals surface area contributed by atoms with Gasteiger partial charge in [0.15, 0.2) is 0 Å². The number of aliphatic hydroxyl groups excluding tert-OH is 1. The number of carbonyl (C=O) groups excluding carboxylic acids is 1. The Bertz CT molecular complexity index is 961. The van der Waals surface area contributed by atoms with Gasteiger partial charge in [0.1, 0.15) is 29.6 Å². The van der Waals surface area contributed by atoms with Gasteiger partial charge in [0, 0.05) is 39.3 Å². The normalized spacial score (nSPS) is 23.8. The molecule has 1 aromatic heterocycles. The predicted molar refractivity (Wildman–Crippen MR) is 130 cm³/mol. The molecule has 3 aliphatic heterocycles. The second kappa shape index (κ2) is 10.1. The van der Waals surface area contributed by atoms with Gasteiger partial charge in [-0.25, -0.2) is 9.78 Å². The Morgan fingerprint density at radius 3 is 2.29 bits per heavy atom. The van der Waals surface area contributed by atoms with Gasteiger partial charge in [0.25, 0.3) is 0 Å². The first-order valence-corrected chi connectivity index (χ1v) is 12.1. The fourth-order valence-corrected chi connectivity index (χ4v) is 4.55. The summed E-state index contributed by atoms with van der Waals surface area (Å²) in [5.74, 6) is 2.73. The zero-order chi connectivity index (χ0) is 23.5. The minimum absolute atomic E-state index is 0.161. The molecule has 3 N–H and O–H groups in total. The monoisotopic (exact) mass is 467 g/mol. The molecule has 3 saturated heterocycles. The van der Waals surface area contributed by atoms with E-state index in [1.807, 2.05) is 36.4 Å². The molecular weight excluding hydrogens is 434 g/mol. The van der Waals surface area contributed by atoms with Crippen molar-refractivity contribution in [3.63, 3.8) is 0 Å². The van der Waals surface area contributed by atoms with Crippen LogP contribution >= 0.6 is 0 Å². The van der Waals surface area contributed by atoms with Crippen molar-refractivity contribution in [3.05, 3.63) is 47.5 Å². The Kier molecular flexibility index (Phi) is 6.73. The lowest BCUT2D eigenvalue weighted by Crippen LogP contribution is -2.41. The molecule has 9 nitrogen and oxygen atoms in total. The second-order valence-corrected chi connectivity index (χ2v) is 9.23. The summed E-state index contributed by atoms with van der Waals surface area (Å²) in [4.78, 5) is 22.0. The van der Waals surface area contributed by atoms with Crippen LogP contribution in [0.5, 0.6) is 5.75 Å². The number of carbonyl (C=O) groups is 1. The molecule has 3 fully saturated rings. The zero-order valence-electron chi connectivity index (χ0n) is 19.6. The minimum atomic E-state index is -0.744. The molecule has 3 aliphatic rings. The molecule has 0 spiro atoms. The first-order chi connectivity index (χ1) is 16.6. The van der Waals surface area contributed by atoms with Crippen LogP contribution in [0.4, 0.5) is 16.4 Å². The van der Waals surface area contributed by atoms with Crippen LogP contribution in [0.25, 0.3) is 0 Å². The SMILES string of the molecule is COc1ccc(C[C@H]2NC[C@H](O)[C@H]2OC(=O)NCc2cc(N3CCC3)nc(N3CCC3)c2)cc1. The molecule has 4 heterocycles. The van der Waals surface area contributed by atoms with Crippen LogP contribution in [0.15, 0.2) is 36.4 Å². The number of rotatable bonds is 8. The molecule has 0 aliphatic carbocycles. The summed E-state index contributed by atoms with van der Waals surface area (Å²) in [6.45, 7) is 4.83. The van der Waals surface area contributed by atoms with Crippen LogP contribution in [0.1, 0.15) is 24.0 Å². The first-order valence-electron chi connectivity index (χ1n) is 12.1. The number of alkyl carbamates (subject to hydrolysis) is 1. The molecule has 1 amide bonds. The largest absolute Gasteiger partial charge is 0.497 e. The molecule has 9 heteroatoms. The van der Waals surface area contributed by atoms with Crippen molar-refractivity contribution in [2.45, 2.75) is 44.1 Å². The molecule has 0 unspecified atom stereocenters. The highest BCUT2D eigenvalue weighted by Gasteiger charge is 2.37. The summed E-state index contributed by atoms with van der Waals surface area (Å²) < 4.78 is 10.9. The Morgan fingerprint density at radius 1 is 1.09 bits per heavy atom. The van der Waals surface area contributed by atoms with Crippen LogP contribution in [-0.2, 0) is 17.7 Å².